The second-order valence-electron chi connectivity index (χ2n) is 16.9. The number of hydrogen-bond acceptors (Lipinski definition) is 6. The number of rotatable bonds is 15. The van der Waals surface area contributed by atoms with Gasteiger partial charge in [0.25, 0.3) is 0 Å². The van der Waals surface area contributed by atoms with Gasteiger partial charge < -0.3 is 29.7 Å². The van der Waals surface area contributed by atoms with Crippen molar-refractivity contribution in [3.63, 3.8) is 0 Å². The molecular weight excluding hydrogens is 578 g/mol. The monoisotopic (exact) mass is 645 g/mol. The second-order valence-corrected chi connectivity index (χ2v) is 16.9. The van der Waals surface area contributed by atoms with Crippen LogP contribution in [0.1, 0.15) is 137 Å². The maximum atomic E-state index is 12.7. The maximum absolute atomic E-state index is 12.7. The van der Waals surface area contributed by atoms with E-state index in [1.54, 1.807) is 5.57 Å². The van der Waals surface area contributed by atoms with Crippen molar-refractivity contribution in [1.29, 1.82) is 0 Å². The Bertz CT molecular complexity index is 1020. The number of nitrogens with one attached hydrogen (secondary N) is 1. The van der Waals surface area contributed by atoms with E-state index in [1.807, 2.05) is 0 Å². The Balaban J connectivity index is 1.01. The fraction of sp³-hybridized carbons (Fsp3) is 0.923. The molecule has 0 spiro atoms. The topological polar surface area (TPSA) is 97.3 Å². The number of ether oxygens (including phenoxy) is 3. The average Bonchev–Trinajstić information content (AvgIpc) is 3.56. The normalized spacial score (nSPS) is 39.3. The molecule has 0 aromatic carbocycles. The van der Waals surface area contributed by atoms with Gasteiger partial charge in [-0.15, -0.1) is 0 Å². The zero-order valence-corrected chi connectivity index (χ0v) is 29.8. The van der Waals surface area contributed by atoms with Crippen LogP contribution in [0.25, 0.3) is 0 Å². The van der Waals surface area contributed by atoms with Crippen LogP contribution in [-0.2, 0) is 14.2 Å². The van der Waals surface area contributed by atoms with Gasteiger partial charge in [-0.25, -0.2) is 4.79 Å². The van der Waals surface area contributed by atoms with E-state index >= 15 is 0 Å². The minimum absolute atomic E-state index is 0.00816. The number of aliphatic hydroxyl groups excluding tert-OH is 2. The molecule has 0 aromatic rings. The molecule has 46 heavy (non-hydrogen) atoms. The lowest BCUT2D eigenvalue weighted by atomic mass is 9.47. The molecule has 3 N–H and O–H groups in total. The van der Waals surface area contributed by atoms with Crippen LogP contribution in [-0.4, -0.2) is 60.7 Å². The van der Waals surface area contributed by atoms with Crippen LogP contribution in [0, 0.1) is 46.3 Å². The van der Waals surface area contributed by atoms with Crippen LogP contribution in [0.2, 0.25) is 0 Å². The summed E-state index contributed by atoms with van der Waals surface area (Å²) in [7, 11) is 0. The molecule has 4 fully saturated rings. The predicted octanol–water partition coefficient (Wildman–Crippen LogP) is 8.17. The molecule has 1 saturated heterocycles. The van der Waals surface area contributed by atoms with Gasteiger partial charge in [0.05, 0.1) is 12.7 Å². The van der Waals surface area contributed by atoms with Crippen molar-refractivity contribution in [2.45, 2.75) is 162 Å². The molecule has 7 nitrogen and oxygen atoms in total. The van der Waals surface area contributed by atoms with Gasteiger partial charge in [0, 0.05) is 26.0 Å². The highest BCUT2D eigenvalue weighted by Gasteiger charge is 2.59. The van der Waals surface area contributed by atoms with Crippen LogP contribution < -0.4 is 5.32 Å². The average molecular weight is 646 g/mol. The lowest BCUT2D eigenvalue weighted by Gasteiger charge is -2.58. The molecule has 7 heteroatoms. The first-order valence-electron chi connectivity index (χ1n) is 19.2. The minimum Gasteiger partial charge on any atom is -0.446 e. The molecule has 264 valence electrons. The number of amides is 1. The molecule has 1 amide bonds. The number of allylic oxidation sites excluding steroid dienone is 1. The number of hydrogen-bond donors (Lipinski definition) is 3. The molecule has 0 aromatic heterocycles. The molecule has 5 rings (SSSR count). The summed E-state index contributed by atoms with van der Waals surface area (Å²) in [6, 6.07) is 0. The molecule has 5 aliphatic rings. The first-order valence-corrected chi connectivity index (χ1v) is 19.2. The van der Waals surface area contributed by atoms with Gasteiger partial charge >= 0.3 is 6.09 Å². The zero-order chi connectivity index (χ0) is 32.9. The molecule has 0 radical (unpaired) electrons. The summed E-state index contributed by atoms with van der Waals surface area (Å²) in [5.41, 5.74) is 2.37. The molecule has 1 aliphatic heterocycles. The van der Waals surface area contributed by atoms with Crippen LogP contribution in [0.4, 0.5) is 4.79 Å². The van der Waals surface area contributed by atoms with E-state index in [0.717, 1.165) is 80.5 Å². The van der Waals surface area contributed by atoms with Gasteiger partial charge in [0.15, 0.2) is 6.29 Å². The van der Waals surface area contributed by atoms with E-state index in [4.69, 9.17) is 19.3 Å². The summed E-state index contributed by atoms with van der Waals surface area (Å²) >= 11 is 0. The summed E-state index contributed by atoms with van der Waals surface area (Å²) in [6.07, 6.45) is 19.0. The van der Waals surface area contributed by atoms with E-state index in [0.29, 0.717) is 25.0 Å². The first kappa shape index (κ1) is 36.1. The minimum atomic E-state index is -0.655. The molecule has 4 aliphatic carbocycles. The number of alkyl carbamates (subject to hydrolysis) is 1. The smallest absolute Gasteiger partial charge is 0.407 e. The molecule has 3 unspecified atom stereocenters. The van der Waals surface area contributed by atoms with Crippen LogP contribution >= 0.6 is 0 Å². The highest BCUT2D eigenvalue weighted by molar-refractivity contribution is 5.67. The predicted molar refractivity (Wildman–Crippen MR) is 182 cm³/mol. The van der Waals surface area contributed by atoms with Crippen molar-refractivity contribution in [2.75, 3.05) is 19.8 Å². The lowest BCUT2D eigenvalue weighted by Crippen LogP contribution is -2.51. The van der Waals surface area contributed by atoms with E-state index in [-0.39, 0.29) is 24.2 Å². The van der Waals surface area contributed by atoms with Gasteiger partial charge in [-0.3, -0.25) is 0 Å². The number of aliphatic hydroxyl groups is 2. The Kier molecular flexibility index (Phi) is 12.6. The summed E-state index contributed by atoms with van der Waals surface area (Å²) in [5, 5.41) is 21.9. The van der Waals surface area contributed by atoms with Gasteiger partial charge in [-0.1, -0.05) is 78.4 Å². The molecular formula is C39H67NO6. The van der Waals surface area contributed by atoms with E-state index in [2.05, 4.69) is 46.0 Å². The van der Waals surface area contributed by atoms with Crippen molar-refractivity contribution < 1.29 is 29.2 Å². The maximum Gasteiger partial charge on any atom is 0.407 e. The van der Waals surface area contributed by atoms with Crippen molar-refractivity contribution in [2.24, 2.45) is 46.3 Å². The second kappa shape index (κ2) is 16.0. The Morgan fingerprint density at radius 1 is 1.02 bits per heavy atom. The van der Waals surface area contributed by atoms with E-state index in [1.165, 1.54) is 51.4 Å². The number of carbonyl (C=O) groups is 1. The first-order chi connectivity index (χ1) is 22.0. The third-order valence-electron chi connectivity index (χ3n) is 13.5. The van der Waals surface area contributed by atoms with Crippen molar-refractivity contribution in [1.82, 2.24) is 5.32 Å². The van der Waals surface area contributed by atoms with Crippen molar-refractivity contribution >= 4 is 6.09 Å². The third kappa shape index (κ3) is 8.17. The number of carbonyl (C=O) groups excluding carboxylic acids is 1. The van der Waals surface area contributed by atoms with E-state index in [9.17, 15) is 9.90 Å². The lowest BCUT2D eigenvalue weighted by molar-refractivity contribution is -0.143. The van der Waals surface area contributed by atoms with Gasteiger partial charge in [0.2, 0.25) is 0 Å². The third-order valence-corrected chi connectivity index (χ3v) is 13.5. The van der Waals surface area contributed by atoms with Crippen LogP contribution in [0.3, 0.4) is 0 Å². The Morgan fingerprint density at radius 2 is 1.83 bits per heavy atom. The van der Waals surface area contributed by atoms with Crippen LogP contribution in [0.15, 0.2) is 11.6 Å². The zero-order valence-electron chi connectivity index (χ0n) is 29.8. The Morgan fingerprint density at radius 3 is 2.59 bits per heavy atom. The van der Waals surface area contributed by atoms with Gasteiger partial charge in [0.1, 0.15) is 12.2 Å². The summed E-state index contributed by atoms with van der Waals surface area (Å²) < 4.78 is 17.1. The Hall–Kier alpha value is -1.15. The van der Waals surface area contributed by atoms with E-state index < -0.39 is 18.5 Å². The van der Waals surface area contributed by atoms with Crippen molar-refractivity contribution in [3.05, 3.63) is 11.6 Å². The number of fused-ring (bicyclic) bond motifs is 5. The largest absolute Gasteiger partial charge is 0.446 e. The summed E-state index contributed by atoms with van der Waals surface area (Å²) in [4.78, 5) is 12.7. The summed E-state index contributed by atoms with van der Waals surface area (Å²) in [6.45, 7) is 13.5. The molecule has 3 saturated carbocycles. The fourth-order valence-electron chi connectivity index (χ4n) is 10.9. The molecule has 0 bridgehead atoms. The van der Waals surface area contributed by atoms with Crippen molar-refractivity contribution in [3.8, 4) is 0 Å². The fourth-order valence-corrected chi connectivity index (χ4v) is 10.9. The Labute approximate surface area is 280 Å². The van der Waals surface area contributed by atoms with Crippen LogP contribution in [0.5, 0.6) is 0 Å². The highest BCUT2D eigenvalue weighted by Crippen LogP contribution is 2.67. The number of unbranched alkanes of at least 4 members (excludes halogenated alkanes) is 3. The van der Waals surface area contributed by atoms with Gasteiger partial charge in [-0.2, -0.15) is 0 Å². The molecule has 1 heterocycles. The highest BCUT2D eigenvalue weighted by atomic mass is 16.7. The quantitative estimate of drug-likeness (QED) is 0.123. The SMILES string of the molecule is CC(C)CCC[C@H](C)[C@H]1CC[C@@H]2C3CC=C4C[C@@H](OC(=O)NCCCCCCOC5CC(O)[C@@H](CO)O5)CC[C@]4(C)[C@@H]3CC[C@@]21C. The standard InChI is InChI=1S/C39H67NO6/c1-26(2)11-10-12-27(3)31-15-16-32-30-14-13-28-23-29(17-19-38(28,4)33(30)18-20-39(31,32)5)45-37(43)40-21-8-6-7-9-22-44-36-24-34(42)35(25-41)46-36/h13,26-27,29-36,41-42H,6-12,14-25H2,1-5H3,(H,40,43)/t27-,29-,30?,31+,32+,33+,34?,35+,36?,38-,39+/m0/s1. The summed E-state index contributed by atoms with van der Waals surface area (Å²) in [5.74, 6) is 5.06. The van der Waals surface area contributed by atoms with Gasteiger partial charge in [-0.05, 0) is 104 Å². The molecule has 11 atom stereocenters.